The zero-order chi connectivity index (χ0) is 13.3. The number of nitrogens with zero attached hydrogens (tertiary/aromatic N) is 1. The summed E-state index contributed by atoms with van der Waals surface area (Å²) < 4.78 is 0. The van der Waals surface area contributed by atoms with Crippen molar-refractivity contribution in [2.75, 3.05) is 31.6 Å². The molecule has 0 aromatic heterocycles. The van der Waals surface area contributed by atoms with E-state index < -0.39 is 0 Å². The fraction of sp³-hybridized carbons (Fsp3) is 1.00. The average Bonchev–Trinajstić information content (AvgIpc) is 2.62. The molecule has 1 fully saturated rings. The number of hydrogen-bond acceptors (Lipinski definition) is 2. The molecule has 0 amide bonds. The predicted molar refractivity (Wildman–Crippen MR) is 82.4 cm³/mol. The molecule has 0 atom stereocenters. The van der Waals surface area contributed by atoms with Crippen LogP contribution in [0.5, 0.6) is 0 Å². The predicted octanol–water partition coefficient (Wildman–Crippen LogP) is 3.82. The van der Waals surface area contributed by atoms with Gasteiger partial charge in [-0.25, -0.2) is 0 Å². The van der Waals surface area contributed by atoms with E-state index in [2.05, 4.69) is 27.8 Å². The van der Waals surface area contributed by atoms with Crippen molar-refractivity contribution in [1.29, 1.82) is 0 Å². The molecule has 0 aromatic carbocycles. The van der Waals surface area contributed by atoms with Crippen LogP contribution in [0.1, 0.15) is 58.3 Å². The van der Waals surface area contributed by atoms with Crippen molar-refractivity contribution >= 4 is 15.9 Å². The minimum Gasteiger partial charge on any atom is -0.395 e. The molecule has 0 bridgehead atoms. The molecule has 2 nitrogen and oxygen atoms in total. The van der Waals surface area contributed by atoms with Gasteiger partial charge in [0.1, 0.15) is 0 Å². The number of halogens is 1. The lowest BCUT2D eigenvalue weighted by Crippen LogP contribution is -2.40. The molecule has 0 spiro atoms. The minimum atomic E-state index is 0.294. The number of aliphatic hydroxyl groups is 1. The summed E-state index contributed by atoms with van der Waals surface area (Å²) in [4.78, 5) is 2.48. The maximum Gasteiger partial charge on any atom is 0.0558 e. The lowest BCUT2D eigenvalue weighted by Gasteiger charge is -2.36. The maximum absolute atomic E-state index is 9.22. The molecular weight excluding hydrogens is 290 g/mol. The van der Waals surface area contributed by atoms with Crippen LogP contribution in [0.15, 0.2) is 0 Å². The van der Waals surface area contributed by atoms with Gasteiger partial charge in [-0.2, -0.15) is 0 Å². The van der Waals surface area contributed by atoms with Gasteiger partial charge in [0.25, 0.3) is 0 Å². The van der Waals surface area contributed by atoms with Crippen LogP contribution in [0.4, 0.5) is 0 Å². The number of unbranched alkanes of at least 4 members (excludes halogenated alkanes) is 1. The SMILES string of the molecule is CCCCN(CCO)CC1(CBr)CCCCCC1. The molecule has 0 heterocycles. The third-order valence-electron chi connectivity index (χ3n) is 4.25. The van der Waals surface area contributed by atoms with Crippen molar-refractivity contribution in [1.82, 2.24) is 4.90 Å². The summed E-state index contributed by atoms with van der Waals surface area (Å²) in [6, 6.07) is 0. The minimum absolute atomic E-state index is 0.294. The summed E-state index contributed by atoms with van der Waals surface area (Å²) in [5, 5.41) is 10.3. The van der Waals surface area contributed by atoms with E-state index in [1.807, 2.05) is 0 Å². The fourth-order valence-electron chi connectivity index (χ4n) is 3.08. The summed E-state index contributed by atoms with van der Waals surface area (Å²) in [6.07, 6.45) is 10.8. The first-order valence-electron chi connectivity index (χ1n) is 7.65. The molecule has 18 heavy (non-hydrogen) atoms. The van der Waals surface area contributed by atoms with Crippen molar-refractivity contribution in [2.24, 2.45) is 5.41 Å². The van der Waals surface area contributed by atoms with Gasteiger partial charge in [-0.3, -0.25) is 0 Å². The lowest BCUT2D eigenvalue weighted by atomic mass is 9.82. The molecule has 0 saturated heterocycles. The Morgan fingerprint density at radius 2 is 1.78 bits per heavy atom. The Labute approximate surface area is 121 Å². The lowest BCUT2D eigenvalue weighted by molar-refractivity contribution is 0.125. The Morgan fingerprint density at radius 1 is 1.11 bits per heavy atom. The first kappa shape index (κ1) is 16.5. The van der Waals surface area contributed by atoms with E-state index in [1.165, 1.54) is 57.9 Å². The van der Waals surface area contributed by atoms with Crippen LogP contribution in [0, 0.1) is 5.41 Å². The van der Waals surface area contributed by atoms with Crippen LogP contribution in [0.3, 0.4) is 0 Å². The smallest absolute Gasteiger partial charge is 0.0558 e. The number of alkyl halides is 1. The number of hydrogen-bond donors (Lipinski definition) is 1. The van der Waals surface area contributed by atoms with Crippen LogP contribution in [-0.4, -0.2) is 41.6 Å². The Balaban J connectivity index is 2.55. The standard InChI is InChI=1S/C15H30BrNO/c1-2-3-10-17(11-12-18)14-15(13-16)8-6-4-5-7-9-15/h18H,2-14H2,1H3. The molecule has 3 heteroatoms. The third kappa shape index (κ3) is 5.58. The molecular formula is C15H30BrNO. The van der Waals surface area contributed by atoms with Crippen molar-refractivity contribution < 1.29 is 5.11 Å². The summed E-state index contributed by atoms with van der Waals surface area (Å²) in [5.74, 6) is 0. The first-order valence-corrected chi connectivity index (χ1v) is 8.77. The van der Waals surface area contributed by atoms with Crippen molar-refractivity contribution in [3.8, 4) is 0 Å². The molecule has 0 unspecified atom stereocenters. The van der Waals surface area contributed by atoms with Gasteiger partial charge in [0.15, 0.2) is 0 Å². The normalized spacial score (nSPS) is 20.0. The van der Waals surface area contributed by atoms with Crippen LogP contribution in [0.2, 0.25) is 0 Å². The van der Waals surface area contributed by atoms with Crippen LogP contribution >= 0.6 is 15.9 Å². The van der Waals surface area contributed by atoms with Gasteiger partial charge in [-0.15, -0.1) is 0 Å². The highest BCUT2D eigenvalue weighted by molar-refractivity contribution is 9.09. The van der Waals surface area contributed by atoms with E-state index >= 15 is 0 Å². The molecule has 0 radical (unpaired) electrons. The molecule has 108 valence electrons. The van der Waals surface area contributed by atoms with E-state index in [9.17, 15) is 5.11 Å². The van der Waals surface area contributed by atoms with Crippen molar-refractivity contribution in [2.45, 2.75) is 58.3 Å². The van der Waals surface area contributed by atoms with Crippen molar-refractivity contribution in [3.05, 3.63) is 0 Å². The highest BCUT2D eigenvalue weighted by Crippen LogP contribution is 2.37. The Bertz CT molecular complexity index is 203. The van der Waals surface area contributed by atoms with E-state index in [1.54, 1.807) is 0 Å². The average molecular weight is 320 g/mol. The van der Waals surface area contributed by atoms with Gasteiger partial charge in [0, 0.05) is 18.4 Å². The second-order valence-electron chi connectivity index (χ2n) is 5.90. The Morgan fingerprint density at radius 3 is 2.28 bits per heavy atom. The molecule has 1 rings (SSSR count). The third-order valence-corrected chi connectivity index (χ3v) is 5.44. The number of rotatable bonds is 8. The second-order valence-corrected chi connectivity index (χ2v) is 6.46. The maximum atomic E-state index is 9.22. The summed E-state index contributed by atoms with van der Waals surface area (Å²) in [7, 11) is 0. The molecule has 1 aliphatic rings. The summed E-state index contributed by atoms with van der Waals surface area (Å²) >= 11 is 3.76. The molecule has 1 N–H and O–H groups in total. The Kier molecular flexibility index (Phi) is 8.53. The molecule has 1 aliphatic carbocycles. The van der Waals surface area contributed by atoms with E-state index in [4.69, 9.17) is 0 Å². The zero-order valence-electron chi connectivity index (χ0n) is 12.0. The van der Waals surface area contributed by atoms with E-state index in [0.717, 1.165) is 18.4 Å². The quantitative estimate of drug-likeness (QED) is 0.543. The van der Waals surface area contributed by atoms with E-state index in [-0.39, 0.29) is 0 Å². The van der Waals surface area contributed by atoms with Gasteiger partial charge in [0.2, 0.25) is 0 Å². The highest BCUT2D eigenvalue weighted by Gasteiger charge is 2.31. The monoisotopic (exact) mass is 319 g/mol. The largest absolute Gasteiger partial charge is 0.395 e. The molecule has 1 saturated carbocycles. The summed E-state index contributed by atoms with van der Waals surface area (Å²) in [5.41, 5.74) is 0.458. The van der Waals surface area contributed by atoms with Crippen LogP contribution in [0.25, 0.3) is 0 Å². The number of aliphatic hydroxyl groups excluding tert-OH is 1. The fourth-order valence-corrected chi connectivity index (χ4v) is 3.82. The highest BCUT2D eigenvalue weighted by atomic mass is 79.9. The molecule has 0 aliphatic heterocycles. The van der Waals surface area contributed by atoms with Gasteiger partial charge in [0.05, 0.1) is 6.61 Å². The van der Waals surface area contributed by atoms with Gasteiger partial charge >= 0.3 is 0 Å². The van der Waals surface area contributed by atoms with Gasteiger partial charge < -0.3 is 10.0 Å². The van der Waals surface area contributed by atoms with Crippen molar-refractivity contribution in [3.63, 3.8) is 0 Å². The summed E-state index contributed by atoms with van der Waals surface area (Å²) in [6.45, 7) is 5.69. The van der Waals surface area contributed by atoms with Crippen LogP contribution < -0.4 is 0 Å². The Hall–Kier alpha value is 0.400. The molecule has 0 aromatic rings. The first-order chi connectivity index (χ1) is 8.76. The second kappa shape index (κ2) is 9.33. The van der Waals surface area contributed by atoms with Gasteiger partial charge in [-0.1, -0.05) is 55.0 Å². The zero-order valence-corrected chi connectivity index (χ0v) is 13.6. The van der Waals surface area contributed by atoms with Crippen LogP contribution in [-0.2, 0) is 0 Å². The topological polar surface area (TPSA) is 23.5 Å². The van der Waals surface area contributed by atoms with E-state index in [0.29, 0.717) is 12.0 Å². The van der Waals surface area contributed by atoms with Gasteiger partial charge in [-0.05, 0) is 31.2 Å².